The number of rotatable bonds is 8. The summed E-state index contributed by atoms with van der Waals surface area (Å²) in [5, 5.41) is 17.2. The average molecular weight is 296 g/mol. The van der Waals surface area contributed by atoms with Gasteiger partial charge in [-0.15, -0.1) is 0 Å². The van der Waals surface area contributed by atoms with Crippen molar-refractivity contribution < 1.29 is 19.5 Å². The highest BCUT2D eigenvalue weighted by Crippen LogP contribution is 1.99. The van der Waals surface area contributed by atoms with Crippen LogP contribution in [-0.2, 0) is 23.1 Å². The highest BCUT2D eigenvalue weighted by atomic mass is 16.4. The number of carbonyl (C=O) groups is 3. The van der Waals surface area contributed by atoms with E-state index in [0.717, 1.165) is 5.56 Å². The normalized spacial score (nSPS) is 10.1. The van der Waals surface area contributed by atoms with Crippen molar-refractivity contribution in [3.8, 4) is 0 Å². The predicted octanol–water partition coefficient (Wildman–Crippen LogP) is 0.433. The number of urea groups is 1. The standard InChI is InChI=1S/C13H20N4O4/c1-17-9-10(8-15-17)6-7-14-13(21)16-11(18)4-2-3-5-12(19)20/h8-9H,2-7H2,1H3,(H,19,20)(H2,14,16,18,21). The van der Waals surface area contributed by atoms with Crippen LogP contribution in [0.2, 0.25) is 0 Å². The Morgan fingerprint density at radius 3 is 2.62 bits per heavy atom. The number of imide groups is 1. The van der Waals surface area contributed by atoms with E-state index in [-0.39, 0.29) is 12.8 Å². The molecule has 8 heteroatoms. The number of aromatic nitrogens is 2. The molecule has 1 heterocycles. The number of carbonyl (C=O) groups excluding carboxylic acids is 2. The fourth-order valence-corrected chi connectivity index (χ4v) is 1.72. The second kappa shape index (κ2) is 8.72. The Morgan fingerprint density at radius 2 is 2.00 bits per heavy atom. The van der Waals surface area contributed by atoms with Gasteiger partial charge in [0.2, 0.25) is 5.91 Å². The van der Waals surface area contributed by atoms with Gasteiger partial charge in [-0.2, -0.15) is 5.10 Å². The molecule has 3 amide bonds. The lowest BCUT2D eigenvalue weighted by Gasteiger charge is -2.05. The van der Waals surface area contributed by atoms with Gasteiger partial charge < -0.3 is 10.4 Å². The van der Waals surface area contributed by atoms with Gasteiger partial charge >= 0.3 is 12.0 Å². The number of carboxylic acids is 1. The van der Waals surface area contributed by atoms with E-state index in [2.05, 4.69) is 15.7 Å². The molecule has 0 unspecified atom stereocenters. The van der Waals surface area contributed by atoms with Gasteiger partial charge in [-0.1, -0.05) is 0 Å². The van der Waals surface area contributed by atoms with Crippen LogP contribution in [0, 0.1) is 0 Å². The highest BCUT2D eigenvalue weighted by Gasteiger charge is 2.07. The van der Waals surface area contributed by atoms with Gasteiger partial charge in [0.05, 0.1) is 6.20 Å². The van der Waals surface area contributed by atoms with Crippen LogP contribution in [0.3, 0.4) is 0 Å². The van der Waals surface area contributed by atoms with Gasteiger partial charge in [-0.3, -0.25) is 19.6 Å². The minimum Gasteiger partial charge on any atom is -0.481 e. The van der Waals surface area contributed by atoms with Crippen molar-refractivity contribution in [3.63, 3.8) is 0 Å². The lowest BCUT2D eigenvalue weighted by atomic mass is 10.2. The molecular weight excluding hydrogens is 276 g/mol. The Morgan fingerprint density at radius 1 is 1.29 bits per heavy atom. The van der Waals surface area contributed by atoms with Crippen molar-refractivity contribution in [1.29, 1.82) is 0 Å². The van der Waals surface area contributed by atoms with Gasteiger partial charge in [0, 0.05) is 32.6 Å². The van der Waals surface area contributed by atoms with E-state index in [4.69, 9.17) is 5.11 Å². The lowest BCUT2D eigenvalue weighted by Crippen LogP contribution is -2.40. The van der Waals surface area contributed by atoms with Crippen LogP contribution < -0.4 is 10.6 Å². The second-order valence-corrected chi connectivity index (χ2v) is 4.68. The summed E-state index contributed by atoms with van der Waals surface area (Å²) in [5.74, 6) is -1.29. The van der Waals surface area contributed by atoms with Crippen molar-refractivity contribution in [2.24, 2.45) is 7.05 Å². The number of hydrogen-bond acceptors (Lipinski definition) is 4. The minimum absolute atomic E-state index is 0.0323. The molecule has 0 aliphatic carbocycles. The number of carboxylic acid groups (broad SMARTS) is 1. The van der Waals surface area contributed by atoms with Crippen LogP contribution >= 0.6 is 0 Å². The SMILES string of the molecule is Cn1cc(CCNC(=O)NC(=O)CCCCC(=O)O)cn1. The maximum Gasteiger partial charge on any atom is 0.321 e. The Balaban J connectivity index is 2.09. The summed E-state index contributed by atoms with van der Waals surface area (Å²) in [5.41, 5.74) is 0.998. The molecule has 0 saturated carbocycles. The molecular formula is C13H20N4O4. The van der Waals surface area contributed by atoms with E-state index >= 15 is 0 Å². The molecule has 21 heavy (non-hydrogen) atoms. The van der Waals surface area contributed by atoms with E-state index in [9.17, 15) is 14.4 Å². The first-order chi connectivity index (χ1) is 9.97. The number of amides is 3. The van der Waals surface area contributed by atoms with Crippen LogP contribution in [0.15, 0.2) is 12.4 Å². The zero-order chi connectivity index (χ0) is 15.7. The van der Waals surface area contributed by atoms with E-state index in [1.54, 1.807) is 10.9 Å². The quantitative estimate of drug-likeness (QED) is 0.602. The summed E-state index contributed by atoms with van der Waals surface area (Å²) in [6.45, 7) is 0.407. The van der Waals surface area contributed by atoms with Crippen LogP contribution in [-0.4, -0.2) is 39.3 Å². The average Bonchev–Trinajstić information content (AvgIpc) is 2.80. The molecule has 8 nitrogen and oxygen atoms in total. The third-order valence-electron chi connectivity index (χ3n) is 2.76. The maximum atomic E-state index is 11.4. The van der Waals surface area contributed by atoms with Gasteiger partial charge in [0.25, 0.3) is 0 Å². The molecule has 0 saturated heterocycles. The summed E-state index contributed by atoms with van der Waals surface area (Å²) in [6, 6.07) is -0.540. The van der Waals surface area contributed by atoms with Crippen molar-refractivity contribution in [2.75, 3.05) is 6.54 Å². The smallest absolute Gasteiger partial charge is 0.321 e. The van der Waals surface area contributed by atoms with Crippen LogP contribution in [0.1, 0.15) is 31.2 Å². The summed E-state index contributed by atoms with van der Waals surface area (Å²) in [4.78, 5) is 33.1. The zero-order valence-corrected chi connectivity index (χ0v) is 12.0. The number of unbranched alkanes of at least 4 members (excludes halogenated alkanes) is 1. The first-order valence-electron chi connectivity index (χ1n) is 6.74. The Hall–Kier alpha value is -2.38. The summed E-state index contributed by atoms with van der Waals surface area (Å²) in [7, 11) is 1.81. The largest absolute Gasteiger partial charge is 0.481 e. The van der Waals surface area contributed by atoms with Gasteiger partial charge in [0.1, 0.15) is 0 Å². The Labute approximate surface area is 122 Å². The van der Waals surface area contributed by atoms with Gasteiger partial charge in [-0.25, -0.2) is 4.79 Å². The second-order valence-electron chi connectivity index (χ2n) is 4.68. The van der Waals surface area contributed by atoms with E-state index in [1.165, 1.54) is 0 Å². The molecule has 1 rings (SSSR count). The molecule has 0 bridgehead atoms. The Bertz CT molecular complexity index is 498. The monoisotopic (exact) mass is 296 g/mol. The first kappa shape index (κ1) is 16.7. The number of aryl methyl sites for hydroxylation is 1. The molecule has 1 aromatic heterocycles. The van der Waals surface area contributed by atoms with Crippen molar-refractivity contribution >= 4 is 17.9 Å². The Kier molecular flexibility index (Phi) is 6.93. The number of nitrogens with one attached hydrogen (secondary N) is 2. The topological polar surface area (TPSA) is 113 Å². The molecule has 0 aliphatic rings. The van der Waals surface area contributed by atoms with Crippen LogP contribution in [0.4, 0.5) is 4.79 Å². The van der Waals surface area contributed by atoms with Crippen molar-refractivity contribution in [2.45, 2.75) is 32.1 Å². The van der Waals surface area contributed by atoms with Gasteiger partial charge in [-0.05, 0) is 24.8 Å². The number of nitrogens with zero attached hydrogens (tertiary/aromatic N) is 2. The summed E-state index contributed by atoms with van der Waals surface area (Å²) < 4.78 is 1.68. The molecule has 3 N–H and O–H groups in total. The molecule has 0 atom stereocenters. The molecule has 1 aromatic rings. The zero-order valence-electron chi connectivity index (χ0n) is 12.0. The summed E-state index contributed by atoms with van der Waals surface area (Å²) >= 11 is 0. The van der Waals surface area contributed by atoms with Crippen LogP contribution in [0.5, 0.6) is 0 Å². The maximum absolute atomic E-state index is 11.4. The fraction of sp³-hybridized carbons (Fsp3) is 0.538. The minimum atomic E-state index is -0.886. The van der Waals surface area contributed by atoms with E-state index in [0.29, 0.717) is 25.8 Å². The van der Waals surface area contributed by atoms with Gasteiger partial charge in [0.15, 0.2) is 0 Å². The third kappa shape index (κ3) is 7.71. The molecule has 0 aromatic carbocycles. The molecule has 116 valence electrons. The van der Waals surface area contributed by atoms with Crippen molar-refractivity contribution in [3.05, 3.63) is 18.0 Å². The van der Waals surface area contributed by atoms with E-state index in [1.807, 2.05) is 13.2 Å². The number of aliphatic carboxylic acids is 1. The molecule has 0 fully saturated rings. The molecule has 0 aliphatic heterocycles. The van der Waals surface area contributed by atoms with E-state index < -0.39 is 17.9 Å². The lowest BCUT2D eigenvalue weighted by molar-refractivity contribution is -0.137. The molecule has 0 spiro atoms. The van der Waals surface area contributed by atoms with Crippen LogP contribution in [0.25, 0.3) is 0 Å². The third-order valence-corrected chi connectivity index (χ3v) is 2.76. The molecule has 0 radical (unpaired) electrons. The van der Waals surface area contributed by atoms with Crippen molar-refractivity contribution in [1.82, 2.24) is 20.4 Å². The summed E-state index contributed by atoms with van der Waals surface area (Å²) in [6.07, 6.45) is 5.24. The number of hydrogen-bond donors (Lipinski definition) is 3. The first-order valence-corrected chi connectivity index (χ1v) is 6.74. The highest BCUT2D eigenvalue weighted by molar-refractivity contribution is 5.94. The fourth-order valence-electron chi connectivity index (χ4n) is 1.72. The predicted molar refractivity (Wildman–Crippen MR) is 74.6 cm³/mol.